The van der Waals surface area contributed by atoms with Crippen LogP contribution in [-0.2, 0) is 4.79 Å². The van der Waals surface area contributed by atoms with E-state index < -0.39 is 17.1 Å². The van der Waals surface area contributed by atoms with Crippen LogP contribution in [0.4, 0.5) is 4.79 Å². The number of benzene rings is 2. The summed E-state index contributed by atoms with van der Waals surface area (Å²) in [6.07, 6.45) is 1.54. The molecule has 2 aromatic carbocycles. The summed E-state index contributed by atoms with van der Waals surface area (Å²) in [7, 11) is 0. The maximum absolute atomic E-state index is 12.4. The number of hydrazine groups is 1. The van der Waals surface area contributed by atoms with E-state index in [2.05, 4.69) is 5.43 Å². The van der Waals surface area contributed by atoms with E-state index in [1.54, 1.807) is 36.4 Å². The van der Waals surface area contributed by atoms with Gasteiger partial charge in [-0.15, -0.1) is 0 Å². The number of phenols is 1. The molecule has 8 heteroatoms. The van der Waals surface area contributed by atoms with Crippen molar-refractivity contribution >= 4 is 46.5 Å². The maximum atomic E-state index is 12.4. The van der Waals surface area contributed by atoms with Crippen LogP contribution in [-0.4, -0.2) is 27.2 Å². The molecule has 126 valence electrons. The molecular weight excluding hydrogens is 364 g/mol. The van der Waals surface area contributed by atoms with Crippen molar-refractivity contribution in [2.24, 2.45) is 0 Å². The molecule has 0 bridgehead atoms. The lowest BCUT2D eigenvalue weighted by molar-refractivity contribution is -0.124. The van der Waals surface area contributed by atoms with Gasteiger partial charge in [0.25, 0.3) is 11.8 Å². The molecule has 1 heterocycles. The van der Waals surface area contributed by atoms with Gasteiger partial charge in [-0.1, -0.05) is 35.9 Å². The molecule has 0 aromatic heterocycles. The van der Waals surface area contributed by atoms with Crippen LogP contribution in [0.2, 0.25) is 5.02 Å². The van der Waals surface area contributed by atoms with Crippen LogP contribution < -0.4 is 5.43 Å². The second kappa shape index (κ2) is 7.00. The Morgan fingerprint density at radius 1 is 1.12 bits per heavy atom. The summed E-state index contributed by atoms with van der Waals surface area (Å²) in [5.74, 6) is -1.65. The number of thioether (sulfide) groups is 1. The van der Waals surface area contributed by atoms with Crippen molar-refractivity contribution < 1.29 is 19.5 Å². The van der Waals surface area contributed by atoms with Crippen molar-refractivity contribution in [1.82, 2.24) is 10.4 Å². The van der Waals surface area contributed by atoms with E-state index in [0.29, 0.717) is 27.4 Å². The summed E-state index contributed by atoms with van der Waals surface area (Å²) >= 11 is 6.52. The minimum atomic E-state index is -0.756. The highest BCUT2D eigenvalue weighted by Gasteiger charge is 2.37. The average Bonchev–Trinajstić information content (AvgIpc) is 2.85. The molecule has 0 radical (unpaired) electrons. The fraction of sp³-hybridized carbons (Fsp3) is 0. The summed E-state index contributed by atoms with van der Waals surface area (Å²) in [5.41, 5.74) is 2.87. The van der Waals surface area contributed by atoms with E-state index in [4.69, 9.17) is 11.6 Å². The molecule has 0 spiro atoms. The van der Waals surface area contributed by atoms with E-state index in [0.717, 1.165) is 0 Å². The minimum Gasteiger partial charge on any atom is -0.507 e. The number of nitrogens with zero attached hydrogens (tertiary/aromatic N) is 1. The molecule has 0 unspecified atom stereocenters. The third-order valence-electron chi connectivity index (χ3n) is 3.32. The Bertz CT molecular complexity index is 896. The predicted molar refractivity (Wildman–Crippen MR) is 94.8 cm³/mol. The molecule has 3 rings (SSSR count). The Morgan fingerprint density at radius 2 is 1.80 bits per heavy atom. The van der Waals surface area contributed by atoms with Gasteiger partial charge in [0.05, 0.1) is 10.5 Å². The molecule has 1 aliphatic rings. The molecule has 3 amide bonds. The molecule has 1 aliphatic heterocycles. The Balaban J connectivity index is 1.79. The molecule has 0 atom stereocenters. The highest BCUT2D eigenvalue weighted by molar-refractivity contribution is 8.18. The van der Waals surface area contributed by atoms with Gasteiger partial charge in [-0.25, -0.2) is 0 Å². The number of phenolic OH excluding ortho intramolecular Hbond substituents is 1. The van der Waals surface area contributed by atoms with E-state index in [1.165, 1.54) is 18.2 Å². The zero-order chi connectivity index (χ0) is 18.0. The summed E-state index contributed by atoms with van der Waals surface area (Å²) in [6, 6.07) is 12.6. The maximum Gasteiger partial charge on any atom is 0.312 e. The van der Waals surface area contributed by atoms with Gasteiger partial charge in [0.2, 0.25) is 0 Å². The quantitative estimate of drug-likeness (QED) is 0.804. The van der Waals surface area contributed by atoms with Gasteiger partial charge >= 0.3 is 5.24 Å². The number of rotatable bonds is 3. The molecular formula is C17H11ClN2O4S. The fourth-order valence-electron chi connectivity index (χ4n) is 2.10. The SMILES string of the molecule is O=C(NN1C(=O)S/C(=C\c2ccc(Cl)cc2)C1=O)c1ccccc1O. The number of halogens is 1. The van der Waals surface area contributed by atoms with E-state index in [-0.39, 0.29) is 16.2 Å². The van der Waals surface area contributed by atoms with Crippen LogP contribution in [0.1, 0.15) is 15.9 Å². The van der Waals surface area contributed by atoms with Crippen molar-refractivity contribution in [3.63, 3.8) is 0 Å². The average molecular weight is 375 g/mol. The summed E-state index contributed by atoms with van der Waals surface area (Å²) in [4.78, 5) is 36.7. The van der Waals surface area contributed by atoms with E-state index >= 15 is 0 Å². The summed E-state index contributed by atoms with van der Waals surface area (Å²) < 4.78 is 0. The number of amides is 3. The van der Waals surface area contributed by atoms with Crippen LogP contribution in [0.3, 0.4) is 0 Å². The summed E-state index contributed by atoms with van der Waals surface area (Å²) in [5, 5.41) is 10.2. The molecule has 0 saturated carbocycles. The number of carbonyl (C=O) groups excluding carboxylic acids is 3. The molecule has 1 saturated heterocycles. The molecule has 6 nitrogen and oxygen atoms in total. The number of hydrogen-bond acceptors (Lipinski definition) is 5. The molecule has 2 aromatic rings. The van der Waals surface area contributed by atoms with E-state index in [9.17, 15) is 19.5 Å². The second-order valence-electron chi connectivity index (χ2n) is 5.03. The van der Waals surface area contributed by atoms with Crippen LogP contribution in [0.15, 0.2) is 53.4 Å². The van der Waals surface area contributed by atoms with Gasteiger partial charge in [0.1, 0.15) is 5.75 Å². The first-order valence-corrected chi connectivity index (χ1v) is 8.27. The van der Waals surface area contributed by atoms with Crippen molar-refractivity contribution in [3.8, 4) is 5.75 Å². The largest absolute Gasteiger partial charge is 0.507 e. The monoisotopic (exact) mass is 374 g/mol. The van der Waals surface area contributed by atoms with Crippen molar-refractivity contribution in [1.29, 1.82) is 0 Å². The lowest BCUT2D eigenvalue weighted by atomic mass is 10.2. The van der Waals surface area contributed by atoms with Crippen LogP contribution in [0.25, 0.3) is 6.08 Å². The van der Waals surface area contributed by atoms with Gasteiger partial charge in [-0.05, 0) is 47.7 Å². The number of hydrogen-bond donors (Lipinski definition) is 2. The Labute approximate surface area is 152 Å². The van der Waals surface area contributed by atoms with Gasteiger partial charge in [0, 0.05) is 5.02 Å². The molecule has 0 aliphatic carbocycles. The highest BCUT2D eigenvalue weighted by Crippen LogP contribution is 2.31. The third-order valence-corrected chi connectivity index (χ3v) is 4.45. The molecule has 2 N–H and O–H groups in total. The van der Waals surface area contributed by atoms with E-state index in [1.807, 2.05) is 0 Å². The van der Waals surface area contributed by atoms with Crippen molar-refractivity contribution in [2.45, 2.75) is 0 Å². The Kier molecular flexibility index (Phi) is 4.78. The first-order chi connectivity index (χ1) is 12.0. The Morgan fingerprint density at radius 3 is 2.48 bits per heavy atom. The standard InChI is InChI=1S/C17H11ClN2O4S/c18-11-7-5-10(6-8-11)9-14-16(23)20(17(24)25-14)19-15(22)12-3-1-2-4-13(12)21/h1-9,21H,(H,19,22)/b14-9-. The van der Waals surface area contributed by atoms with Crippen molar-refractivity contribution in [2.75, 3.05) is 0 Å². The van der Waals surface area contributed by atoms with Gasteiger partial charge < -0.3 is 5.11 Å². The van der Waals surface area contributed by atoms with Gasteiger partial charge in [-0.3, -0.25) is 19.8 Å². The minimum absolute atomic E-state index is 0.0387. The molecule has 1 fully saturated rings. The number of aromatic hydroxyl groups is 1. The van der Waals surface area contributed by atoms with Gasteiger partial charge in [0.15, 0.2) is 0 Å². The predicted octanol–water partition coefficient (Wildman–Crippen LogP) is 3.43. The normalized spacial score (nSPS) is 15.7. The van der Waals surface area contributed by atoms with Crippen LogP contribution in [0.5, 0.6) is 5.75 Å². The number of carbonyl (C=O) groups is 3. The van der Waals surface area contributed by atoms with Gasteiger partial charge in [-0.2, -0.15) is 5.01 Å². The topological polar surface area (TPSA) is 86.7 Å². The number of imide groups is 1. The van der Waals surface area contributed by atoms with Crippen LogP contribution in [0, 0.1) is 0 Å². The van der Waals surface area contributed by atoms with Crippen LogP contribution >= 0.6 is 23.4 Å². The smallest absolute Gasteiger partial charge is 0.312 e. The number of nitrogens with one attached hydrogen (secondary N) is 1. The molecule has 25 heavy (non-hydrogen) atoms. The third kappa shape index (κ3) is 3.67. The lowest BCUT2D eigenvalue weighted by Crippen LogP contribution is -2.44. The van der Waals surface area contributed by atoms with Crippen molar-refractivity contribution in [3.05, 3.63) is 69.6 Å². The number of para-hydroxylation sites is 1. The highest BCUT2D eigenvalue weighted by atomic mass is 35.5. The zero-order valence-corrected chi connectivity index (χ0v) is 14.2. The second-order valence-corrected chi connectivity index (χ2v) is 6.46. The Hall–Kier alpha value is -2.77. The first kappa shape index (κ1) is 17.1. The lowest BCUT2D eigenvalue weighted by Gasteiger charge is -2.14. The zero-order valence-electron chi connectivity index (χ0n) is 12.6. The fourth-order valence-corrected chi connectivity index (χ4v) is 3.01. The first-order valence-electron chi connectivity index (χ1n) is 7.08. The summed E-state index contributed by atoms with van der Waals surface area (Å²) in [6.45, 7) is 0.